The molecule has 0 atom stereocenters. The maximum atomic E-state index is 10.7. The van der Waals surface area contributed by atoms with Crippen LogP contribution in [0.15, 0.2) is 22.7 Å². The van der Waals surface area contributed by atoms with Crippen molar-refractivity contribution in [3.8, 4) is 5.75 Å². The van der Waals surface area contributed by atoms with E-state index < -0.39 is 0 Å². The second-order valence-electron chi connectivity index (χ2n) is 3.06. The minimum Gasteiger partial charge on any atom is -0.431 e. The van der Waals surface area contributed by atoms with Crippen molar-refractivity contribution in [2.45, 2.75) is 0 Å². The molecule has 0 N–H and O–H groups in total. The number of carbonyl (C=O) groups excluding carboxylic acids is 1. The van der Waals surface area contributed by atoms with Crippen molar-refractivity contribution < 1.29 is 9.53 Å². The summed E-state index contributed by atoms with van der Waals surface area (Å²) < 4.78 is 6.21. The van der Waals surface area contributed by atoms with Crippen LogP contribution in [0, 0.1) is 0 Å². The number of hydrogen-bond donors (Lipinski definition) is 0. The van der Waals surface area contributed by atoms with Gasteiger partial charge in [-0.25, -0.2) is 0 Å². The molecule has 0 radical (unpaired) electrons. The van der Waals surface area contributed by atoms with E-state index in [-0.39, 0.29) is 0 Å². The molecular weight excluding hydrogens is 278 g/mol. The average Bonchev–Trinajstić information content (AvgIpc) is 2.18. The van der Waals surface area contributed by atoms with Gasteiger partial charge in [-0.15, -0.1) is 0 Å². The predicted octanol–water partition coefficient (Wildman–Crippen LogP) is 2.49. The van der Waals surface area contributed by atoms with Gasteiger partial charge in [-0.3, -0.25) is 4.79 Å². The Labute approximate surface area is 102 Å². The molecule has 0 fully saturated rings. The van der Waals surface area contributed by atoms with Gasteiger partial charge in [0.05, 0.1) is 5.56 Å². The molecule has 80 valence electrons. The average molecular weight is 288 g/mol. The smallest absolute Gasteiger partial charge is 0.264 e. The van der Waals surface area contributed by atoms with Crippen LogP contribution >= 0.6 is 28.1 Å². The maximum absolute atomic E-state index is 10.7. The van der Waals surface area contributed by atoms with Gasteiger partial charge in [-0.1, -0.05) is 15.9 Å². The zero-order chi connectivity index (χ0) is 11.4. The topological polar surface area (TPSA) is 29.5 Å². The van der Waals surface area contributed by atoms with Crippen LogP contribution in [-0.4, -0.2) is 30.5 Å². The van der Waals surface area contributed by atoms with Gasteiger partial charge in [0.2, 0.25) is 0 Å². The standard InChI is InChI=1S/C10H10BrNO2S/c1-12(2)10(15)14-9-5-8(11)4-3-7(9)6-13/h3-6H,1-2H3. The van der Waals surface area contributed by atoms with Crippen molar-refractivity contribution >= 4 is 39.6 Å². The first-order chi connectivity index (χ1) is 7.04. The van der Waals surface area contributed by atoms with E-state index in [4.69, 9.17) is 17.0 Å². The van der Waals surface area contributed by atoms with Gasteiger partial charge in [-0.2, -0.15) is 0 Å². The SMILES string of the molecule is CN(C)C(=S)Oc1cc(Br)ccc1C=O. The molecule has 0 bridgehead atoms. The molecule has 3 nitrogen and oxygen atoms in total. The molecule has 0 spiro atoms. The third-order valence-corrected chi connectivity index (χ3v) is 2.61. The van der Waals surface area contributed by atoms with E-state index in [0.717, 1.165) is 10.8 Å². The number of hydrogen-bond acceptors (Lipinski definition) is 3. The minimum atomic E-state index is 0.316. The first-order valence-electron chi connectivity index (χ1n) is 4.18. The first-order valence-corrected chi connectivity index (χ1v) is 5.38. The van der Waals surface area contributed by atoms with E-state index >= 15 is 0 Å². The fourth-order valence-corrected chi connectivity index (χ4v) is 1.31. The fraction of sp³-hybridized carbons (Fsp3) is 0.200. The van der Waals surface area contributed by atoms with Crippen LogP contribution in [0.3, 0.4) is 0 Å². The summed E-state index contributed by atoms with van der Waals surface area (Å²) in [6, 6.07) is 5.15. The monoisotopic (exact) mass is 287 g/mol. The van der Waals surface area contributed by atoms with Gasteiger partial charge in [0.1, 0.15) is 5.75 Å². The van der Waals surface area contributed by atoms with E-state index in [2.05, 4.69) is 15.9 Å². The Kier molecular flexibility index (Phi) is 4.23. The summed E-state index contributed by atoms with van der Waals surface area (Å²) in [4.78, 5) is 12.4. The molecule has 0 aromatic heterocycles. The summed E-state index contributed by atoms with van der Waals surface area (Å²) in [6.45, 7) is 0. The van der Waals surface area contributed by atoms with Crippen molar-refractivity contribution in [1.29, 1.82) is 0 Å². The van der Waals surface area contributed by atoms with Crippen LogP contribution in [0.1, 0.15) is 10.4 Å². The molecule has 0 saturated carbocycles. The number of ether oxygens (including phenoxy) is 1. The number of nitrogens with zero attached hydrogens (tertiary/aromatic N) is 1. The highest BCUT2D eigenvalue weighted by Gasteiger charge is 2.07. The van der Waals surface area contributed by atoms with Crippen molar-refractivity contribution in [2.75, 3.05) is 14.1 Å². The number of aldehydes is 1. The lowest BCUT2D eigenvalue weighted by Crippen LogP contribution is -2.25. The van der Waals surface area contributed by atoms with E-state index in [9.17, 15) is 4.79 Å². The van der Waals surface area contributed by atoms with E-state index in [1.807, 2.05) is 0 Å². The van der Waals surface area contributed by atoms with Crippen molar-refractivity contribution in [3.63, 3.8) is 0 Å². The zero-order valence-electron chi connectivity index (χ0n) is 8.36. The molecule has 15 heavy (non-hydrogen) atoms. The van der Waals surface area contributed by atoms with Crippen LogP contribution in [-0.2, 0) is 0 Å². The van der Waals surface area contributed by atoms with Crippen LogP contribution in [0.4, 0.5) is 0 Å². The zero-order valence-corrected chi connectivity index (χ0v) is 10.8. The largest absolute Gasteiger partial charge is 0.431 e. The van der Waals surface area contributed by atoms with Crippen LogP contribution in [0.2, 0.25) is 0 Å². The highest BCUT2D eigenvalue weighted by atomic mass is 79.9. The van der Waals surface area contributed by atoms with E-state index in [1.165, 1.54) is 0 Å². The van der Waals surface area contributed by atoms with E-state index in [1.54, 1.807) is 37.2 Å². The van der Waals surface area contributed by atoms with Gasteiger partial charge in [0, 0.05) is 18.6 Å². The quantitative estimate of drug-likeness (QED) is 0.617. The summed E-state index contributed by atoms with van der Waals surface area (Å²) in [5, 5.41) is 0.316. The molecule has 0 unspecified atom stereocenters. The number of rotatable bonds is 2. The molecular formula is C10H10BrNO2S. The number of halogens is 1. The molecule has 1 aromatic rings. The Bertz CT molecular complexity index is 393. The normalized spacial score (nSPS) is 9.53. The van der Waals surface area contributed by atoms with Gasteiger partial charge in [-0.05, 0) is 30.4 Å². The highest BCUT2D eigenvalue weighted by Crippen LogP contribution is 2.22. The first kappa shape index (κ1) is 12.1. The lowest BCUT2D eigenvalue weighted by molar-refractivity contribution is 0.112. The molecule has 0 aliphatic carbocycles. The maximum Gasteiger partial charge on any atom is 0.264 e. The van der Waals surface area contributed by atoms with Crippen molar-refractivity contribution in [3.05, 3.63) is 28.2 Å². The lowest BCUT2D eigenvalue weighted by Gasteiger charge is -2.15. The summed E-state index contributed by atoms with van der Waals surface area (Å²) in [5.74, 6) is 0.457. The lowest BCUT2D eigenvalue weighted by atomic mass is 10.2. The minimum absolute atomic E-state index is 0.316. The molecule has 5 heteroatoms. The Morgan fingerprint density at radius 2 is 2.20 bits per heavy atom. The van der Waals surface area contributed by atoms with Crippen molar-refractivity contribution in [2.24, 2.45) is 0 Å². The molecule has 0 aliphatic heterocycles. The predicted molar refractivity (Wildman–Crippen MR) is 66.4 cm³/mol. The molecule has 1 aromatic carbocycles. The summed E-state index contributed by atoms with van der Waals surface area (Å²) in [5.41, 5.74) is 0.474. The van der Waals surface area contributed by atoms with Crippen LogP contribution < -0.4 is 4.74 Å². The van der Waals surface area contributed by atoms with Crippen LogP contribution in [0.25, 0.3) is 0 Å². The molecule has 1 rings (SSSR count). The molecule has 0 aliphatic rings. The Balaban J connectivity index is 2.97. The summed E-state index contributed by atoms with van der Waals surface area (Å²) in [7, 11) is 3.56. The van der Waals surface area contributed by atoms with Gasteiger partial charge in [0.15, 0.2) is 6.29 Å². The van der Waals surface area contributed by atoms with Gasteiger partial charge in [0.25, 0.3) is 5.17 Å². The second-order valence-corrected chi connectivity index (χ2v) is 4.33. The van der Waals surface area contributed by atoms with E-state index in [0.29, 0.717) is 16.5 Å². The number of carbonyl (C=O) groups is 1. The third kappa shape index (κ3) is 3.28. The Morgan fingerprint density at radius 3 is 2.73 bits per heavy atom. The molecule has 0 heterocycles. The molecule has 0 amide bonds. The second kappa shape index (κ2) is 5.23. The molecule has 0 saturated heterocycles. The number of thiocarbonyl (C=S) groups is 1. The number of benzene rings is 1. The van der Waals surface area contributed by atoms with Gasteiger partial charge >= 0.3 is 0 Å². The Hall–Kier alpha value is -0.940. The summed E-state index contributed by atoms with van der Waals surface area (Å²) in [6.07, 6.45) is 0.736. The fourth-order valence-electron chi connectivity index (χ4n) is 0.879. The Morgan fingerprint density at radius 1 is 1.53 bits per heavy atom. The third-order valence-electron chi connectivity index (χ3n) is 1.66. The van der Waals surface area contributed by atoms with Crippen LogP contribution in [0.5, 0.6) is 5.75 Å². The highest BCUT2D eigenvalue weighted by molar-refractivity contribution is 9.10. The van der Waals surface area contributed by atoms with Gasteiger partial charge < -0.3 is 9.64 Å². The van der Waals surface area contributed by atoms with Crippen molar-refractivity contribution in [1.82, 2.24) is 4.90 Å². The summed E-state index contributed by atoms with van der Waals surface area (Å²) >= 11 is 8.28.